The summed E-state index contributed by atoms with van der Waals surface area (Å²) in [7, 11) is 1.45. The summed E-state index contributed by atoms with van der Waals surface area (Å²) < 4.78 is 4.80. The van der Waals surface area contributed by atoms with Crippen LogP contribution < -0.4 is 5.73 Å². The molecule has 74 valence electrons. The van der Waals surface area contributed by atoms with E-state index in [4.69, 9.17) is 10.5 Å². The Bertz CT molecular complexity index is 237. The van der Waals surface area contributed by atoms with E-state index in [0.29, 0.717) is 11.8 Å². The summed E-state index contributed by atoms with van der Waals surface area (Å²) in [4.78, 5) is 11.5. The summed E-state index contributed by atoms with van der Waals surface area (Å²) in [6.45, 7) is 2.00. The van der Waals surface area contributed by atoms with Crippen LogP contribution >= 0.6 is 0 Å². The highest BCUT2D eigenvalue weighted by Crippen LogP contribution is 2.53. The summed E-state index contributed by atoms with van der Waals surface area (Å²) >= 11 is 0. The molecule has 2 rings (SSSR count). The third-order valence-electron chi connectivity index (χ3n) is 3.95. The number of rotatable bonds is 1. The van der Waals surface area contributed by atoms with Crippen LogP contribution in [0, 0.1) is 17.8 Å². The average Bonchev–Trinajstić information content (AvgIpc) is 2.60. The van der Waals surface area contributed by atoms with Crippen LogP contribution in [0.2, 0.25) is 0 Å². The molecule has 0 aromatic heterocycles. The lowest BCUT2D eigenvalue weighted by atomic mass is 9.75. The molecule has 2 saturated carbocycles. The second-order valence-electron chi connectivity index (χ2n) is 4.64. The molecule has 0 aromatic rings. The van der Waals surface area contributed by atoms with Gasteiger partial charge in [-0.3, -0.25) is 4.79 Å². The zero-order valence-corrected chi connectivity index (χ0v) is 8.25. The van der Waals surface area contributed by atoms with Crippen LogP contribution in [-0.4, -0.2) is 18.6 Å². The van der Waals surface area contributed by atoms with Crippen molar-refractivity contribution < 1.29 is 9.53 Å². The van der Waals surface area contributed by atoms with E-state index in [0.717, 1.165) is 12.8 Å². The highest BCUT2D eigenvalue weighted by atomic mass is 16.5. The topological polar surface area (TPSA) is 52.3 Å². The quantitative estimate of drug-likeness (QED) is 0.615. The van der Waals surface area contributed by atoms with Gasteiger partial charge in [0.25, 0.3) is 0 Å². The van der Waals surface area contributed by atoms with Gasteiger partial charge < -0.3 is 10.5 Å². The molecule has 0 saturated heterocycles. The Morgan fingerprint density at radius 2 is 2.23 bits per heavy atom. The van der Waals surface area contributed by atoms with Gasteiger partial charge in [0.15, 0.2) is 0 Å². The van der Waals surface area contributed by atoms with Crippen LogP contribution in [-0.2, 0) is 9.53 Å². The minimum Gasteiger partial charge on any atom is -0.469 e. The first-order chi connectivity index (χ1) is 6.07. The molecule has 3 nitrogen and oxygen atoms in total. The zero-order valence-electron chi connectivity index (χ0n) is 8.25. The zero-order chi connectivity index (χ0) is 9.64. The largest absolute Gasteiger partial charge is 0.469 e. The van der Waals surface area contributed by atoms with Gasteiger partial charge in [0, 0.05) is 5.54 Å². The molecule has 0 spiro atoms. The Kier molecular flexibility index (Phi) is 1.88. The summed E-state index contributed by atoms with van der Waals surface area (Å²) in [5.74, 6) is 0.836. The second kappa shape index (κ2) is 2.71. The molecule has 2 aliphatic rings. The van der Waals surface area contributed by atoms with Crippen LogP contribution in [0.1, 0.15) is 26.2 Å². The molecule has 2 N–H and O–H groups in total. The molecule has 2 bridgehead atoms. The van der Waals surface area contributed by atoms with Crippen LogP contribution in [0.3, 0.4) is 0 Å². The minimum absolute atomic E-state index is 0.0590. The minimum atomic E-state index is -0.323. The summed E-state index contributed by atoms with van der Waals surface area (Å²) in [6.07, 6.45) is 3.45. The van der Waals surface area contributed by atoms with Gasteiger partial charge in [0.1, 0.15) is 0 Å². The lowest BCUT2D eigenvalue weighted by molar-refractivity contribution is -0.149. The van der Waals surface area contributed by atoms with Crippen molar-refractivity contribution in [2.24, 2.45) is 23.5 Å². The van der Waals surface area contributed by atoms with E-state index in [2.05, 4.69) is 0 Å². The van der Waals surface area contributed by atoms with E-state index in [1.165, 1.54) is 13.5 Å². The Balaban J connectivity index is 2.23. The van der Waals surface area contributed by atoms with Gasteiger partial charge in [-0.1, -0.05) is 0 Å². The predicted molar refractivity (Wildman–Crippen MR) is 48.9 cm³/mol. The molecule has 13 heavy (non-hydrogen) atoms. The van der Waals surface area contributed by atoms with Gasteiger partial charge in [-0.2, -0.15) is 0 Å². The fraction of sp³-hybridized carbons (Fsp3) is 0.900. The van der Waals surface area contributed by atoms with Gasteiger partial charge in [-0.05, 0) is 38.0 Å². The Morgan fingerprint density at radius 1 is 1.54 bits per heavy atom. The van der Waals surface area contributed by atoms with Crippen LogP contribution in [0.25, 0.3) is 0 Å². The molecule has 2 aliphatic carbocycles. The smallest absolute Gasteiger partial charge is 0.310 e. The molecular formula is C10H17NO2. The van der Waals surface area contributed by atoms with Crippen molar-refractivity contribution in [1.82, 2.24) is 0 Å². The fourth-order valence-electron chi connectivity index (χ4n) is 3.22. The number of nitrogens with two attached hydrogens (primary N) is 1. The summed E-state index contributed by atoms with van der Waals surface area (Å²) in [5.41, 5.74) is 5.86. The van der Waals surface area contributed by atoms with E-state index in [1.54, 1.807) is 0 Å². The van der Waals surface area contributed by atoms with Crippen molar-refractivity contribution in [2.75, 3.05) is 7.11 Å². The van der Waals surface area contributed by atoms with Crippen molar-refractivity contribution in [2.45, 2.75) is 31.7 Å². The first kappa shape index (κ1) is 9.00. The lowest BCUT2D eigenvalue weighted by Gasteiger charge is -2.35. The van der Waals surface area contributed by atoms with Crippen molar-refractivity contribution >= 4 is 5.97 Å². The normalized spacial score (nSPS) is 48.1. The average molecular weight is 183 g/mol. The maximum atomic E-state index is 11.5. The van der Waals surface area contributed by atoms with Gasteiger partial charge in [-0.25, -0.2) is 0 Å². The first-order valence-electron chi connectivity index (χ1n) is 4.94. The molecule has 0 aliphatic heterocycles. The van der Waals surface area contributed by atoms with E-state index in [-0.39, 0.29) is 17.4 Å². The Hall–Kier alpha value is -0.570. The number of carbonyl (C=O) groups is 1. The first-order valence-corrected chi connectivity index (χ1v) is 4.94. The highest BCUT2D eigenvalue weighted by molar-refractivity contribution is 5.75. The predicted octanol–water partition coefficient (Wildman–Crippen LogP) is 0.923. The van der Waals surface area contributed by atoms with E-state index < -0.39 is 0 Å². The summed E-state index contributed by atoms with van der Waals surface area (Å²) in [6, 6.07) is 0. The molecular weight excluding hydrogens is 166 g/mol. The van der Waals surface area contributed by atoms with E-state index in [9.17, 15) is 4.79 Å². The van der Waals surface area contributed by atoms with Gasteiger partial charge >= 0.3 is 5.97 Å². The van der Waals surface area contributed by atoms with Crippen molar-refractivity contribution in [3.05, 3.63) is 0 Å². The van der Waals surface area contributed by atoms with Crippen LogP contribution in [0.5, 0.6) is 0 Å². The molecule has 0 amide bonds. The number of hydrogen-bond acceptors (Lipinski definition) is 3. The lowest BCUT2D eigenvalue weighted by Crippen LogP contribution is -2.52. The van der Waals surface area contributed by atoms with E-state index >= 15 is 0 Å². The third-order valence-corrected chi connectivity index (χ3v) is 3.95. The molecule has 2 fully saturated rings. The van der Waals surface area contributed by atoms with Crippen LogP contribution in [0.15, 0.2) is 0 Å². The molecule has 0 radical (unpaired) electrons. The Labute approximate surface area is 78.6 Å². The van der Waals surface area contributed by atoms with Crippen LogP contribution in [0.4, 0.5) is 0 Å². The molecule has 0 heterocycles. The maximum absolute atomic E-state index is 11.5. The number of esters is 1. The van der Waals surface area contributed by atoms with Crippen molar-refractivity contribution in [3.63, 3.8) is 0 Å². The standard InChI is InChI=1S/C10H17NO2/c1-10(11)7-4-3-6(5-7)8(10)9(12)13-2/h6-8H,3-5,11H2,1-2H3/t6?,7?,8-,10+/m0/s1. The molecule has 0 aromatic carbocycles. The molecule has 2 unspecified atom stereocenters. The highest BCUT2D eigenvalue weighted by Gasteiger charge is 2.56. The maximum Gasteiger partial charge on any atom is 0.310 e. The summed E-state index contributed by atoms with van der Waals surface area (Å²) in [5, 5.41) is 0. The van der Waals surface area contributed by atoms with Gasteiger partial charge in [0.05, 0.1) is 13.0 Å². The van der Waals surface area contributed by atoms with Crippen molar-refractivity contribution in [3.8, 4) is 0 Å². The van der Waals surface area contributed by atoms with Crippen molar-refractivity contribution in [1.29, 1.82) is 0 Å². The number of ether oxygens (including phenoxy) is 1. The number of methoxy groups -OCH3 is 1. The monoisotopic (exact) mass is 183 g/mol. The Morgan fingerprint density at radius 3 is 2.69 bits per heavy atom. The number of carbonyl (C=O) groups excluding carboxylic acids is 1. The fourth-order valence-corrected chi connectivity index (χ4v) is 3.22. The van der Waals surface area contributed by atoms with E-state index in [1.807, 2.05) is 6.92 Å². The third kappa shape index (κ3) is 1.10. The molecule has 4 atom stereocenters. The number of hydrogen-bond donors (Lipinski definition) is 1. The second-order valence-corrected chi connectivity index (χ2v) is 4.64. The molecule has 3 heteroatoms. The van der Waals surface area contributed by atoms with Gasteiger partial charge in [0.2, 0.25) is 0 Å². The number of fused-ring (bicyclic) bond motifs is 2. The SMILES string of the molecule is COC(=O)[C@@H]1C2CCC(C2)[C@@]1(C)N. The van der Waals surface area contributed by atoms with Gasteiger partial charge in [-0.15, -0.1) is 0 Å².